The van der Waals surface area contributed by atoms with Crippen molar-refractivity contribution in [2.45, 2.75) is 6.92 Å². The Kier molecular flexibility index (Phi) is 5.03. The molecular formula is C18H14ClN3OS. The Bertz CT molecular complexity index is 890. The van der Waals surface area contributed by atoms with E-state index in [9.17, 15) is 4.79 Å². The summed E-state index contributed by atoms with van der Waals surface area (Å²) in [5.74, 6) is -0.264. The van der Waals surface area contributed by atoms with E-state index in [2.05, 4.69) is 15.5 Å². The quantitative estimate of drug-likeness (QED) is 0.548. The lowest BCUT2D eigenvalue weighted by atomic mass is 10.2. The number of pyridine rings is 1. The third-order valence-corrected chi connectivity index (χ3v) is 4.93. The monoisotopic (exact) mass is 355 g/mol. The SMILES string of the molecule is C/C(=N\NC(=O)c1ccncc1)c1ccc(-c2ccccc2Cl)s1. The van der Waals surface area contributed by atoms with Crippen LogP contribution in [0.5, 0.6) is 0 Å². The molecule has 3 rings (SSSR count). The molecule has 2 aromatic heterocycles. The molecule has 24 heavy (non-hydrogen) atoms. The number of carbonyl (C=O) groups is 1. The summed E-state index contributed by atoms with van der Waals surface area (Å²) in [7, 11) is 0. The van der Waals surface area contributed by atoms with Gasteiger partial charge in [0.25, 0.3) is 5.91 Å². The number of carbonyl (C=O) groups excluding carboxylic acids is 1. The van der Waals surface area contributed by atoms with Crippen molar-refractivity contribution in [3.8, 4) is 10.4 Å². The molecule has 0 unspecified atom stereocenters. The number of halogens is 1. The van der Waals surface area contributed by atoms with Crippen LogP contribution in [0, 0.1) is 0 Å². The van der Waals surface area contributed by atoms with Crippen LogP contribution < -0.4 is 5.43 Å². The maximum atomic E-state index is 12.0. The Labute approximate surface area is 148 Å². The number of thiophene rings is 1. The van der Waals surface area contributed by atoms with Crippen LogP contribution in [0.15, 0.2) is 66.0 Å². The number of rotatable bonds is 4. The first-order valence-corrected chi connectivity index (χ1v) is 8.44. The summed E-state index contributed by atoms with van der Waals surface area (Å²) in [5.41, 5.74) is 4.80. The van der Waals surface area contributed by atoms with Gasteiger partial charge < -0.3 is 0 Å². The van der Waals surface area contributed by atoms with Gasteiger partial charge in [-0.15, -0.1) is 11.3 Å². The smallest absolute Gasteiger partial charge is 0.267 e. The molecule has 0 atom stereocenters. The van der Waals surface area contributed by atoms with E-state index in [-0.39, 0.29) is 5.91 Å². The summed E-state index contributed by atoms with van der Waals surface area (Å²) in [6, 6.07) is 15.0. The van der Waals surface area contributed by atoms with Gasteiger partial charge in [-0.05, 0) is 37.3 Å². The molecule has 0 fully saturated rings. The van der Waals surface area contributed by atoms with Crippen LogP contribution in [0.2, 0.25) is 5.02 Å². The molecule has 1 amide bonds. The van der Waals surface area contributed by atoms with Crippen molar-refractivity contribution in [2.24, 2.45) is 5.10 Å². The lowest BCUT2D eigenvalue weighted by Crippen LogP contribution is -2.19. The largest absolute Gasteiger partial charge is 0.271 e. The molecule has 6 heteroatoms. The number of nitrogens with zero attached hydrogens (tertiary/aromatic N) is 2. The zero-order chi connectivity index (χ0) is 16.9. The number of hydrazone groups is 1. The van der Waals surface area contributed by atoms with E-state index in [0.717, 1.165) is 21.0 Å². The standard InChI is InChI=1S/C18H14ClN3OS/c1-12(21-22-18(23)13-8-10-20-11-9-13)16-6-7-17(24-16)14-4-2-3-5-15(14)19/h2-11H,1H3,(H,22,23)/b21-12+. The fourth-order valence-corrected chi connectivity index (χ4v) is 3.38. The highest BCUT2D eigenvalue weighted by atomic mass is 35.5. The van der Waals surface area contributed by atoms with E-state index >= 15 is 0 Å². The Morgan fingerprint density at radius 1 is 1.12 bits per heavy atom. The molecule has 2 heterocycles. The van der Waals surface area contributed by atoms with Crippen LogP contribution in [0.25, 0.3) is 10.4 Å². The number of benzene rings is 1. The third-order valence-electron chi connectivity index (χ3n) is 3.37. The lowest BCUT2D eigenvalue weighted by molar-refractivity contribution is 0.0954. The summed E-state index contributed by atoms with van der Waals surface area (Å²) in [6.45, 7) is 1.86. The first-order valence-electron chi connectivity index (χ1n) is 7.25. The van der Waals surface area contributed by atoms with E-state index < -0.39 is 0 Å². The Morgan fingerprint density at radius 3 is 2.62 bits per heavy atom. The zero-order valence-electron chi connectivity index (χ0n) is 12.9. The van der Waals surface area contributed by atoms with Gasteiger partial charge in [-0.3, -0.25) is 9.78 Å². The molecule has 0 saturated heterocycles. The maximum Gasteiger partial charge on any atom is 0.271 e. The van der Waals surface area contributed by atoms with Crippen molar-refractivity contribution in [1.82, 2.24) is 10.4 Å². The summed E-state index contributed by atoms with van der Waals surface area (Å²) in [5, 5.41) is 4.89. The van der Waals surface area contributed by atoms with Crippen LogP contribution in [-0.4, -0.2) is 16.6 Å². The highest BCUT2D eigenvalue weighted by molar-refractivity contribution is 7.17. The molecule has 120 valence electrons. The molecule has 0 aliphatic carbocycles. The molecule has 0 spiro atoms. The first kappa shape index (κ1) is 16.4. The normalized spacial score (nSPS) is 11.3. The lowest BCUT2D eigenvalue weighted by Gasteiger charge is -2.01. The molecule has 0 aliphatic heterocycles. The number of hydrogen-bond acceptors (Lipinski definition) is 4. The number of aromatic nitrogens is 1. The zero-order valence-corrected chi connectivity index (χ0v) is 14.4. The predicted octanol–water partition coefficient (Wildman–Crippen LogP) is 4.62. The van der Waals surface area contributed by atoms with Gasteiger partial charge in [0.15, 0.2) is 0 Å². The van der Waals surface area contributed by atoms with E-state index in [4.69, 9.17) is 11.6 Å². The van der Waals surface area contributed by atoms with Gasteiger partial charge in [-0.1, -0.05) is 29.8 Å². The average molecular weight is 356 g/mol. The van der Waals surface area contributed by atoms with Gasteiger partial charge in [0.05, 0.1) is 10.6 Å². The third kappa shape index (κ3) is 3.69. The Balaban J connectivity index is 1.75. The van der Waals surface area contributed by atoms with E-state index in [0.29, 0.717) is 10.6 Å². The Morgan fingerprint density at radius 2 is 1.88 bits per heavy atom. The van der Waals surface area contributed by atoms with Crippen molar-refractivity contribution >= 4 is 34.6 Å². The van der Waals surface area contributed by atoms with Gasteiger partial charge in [-0.25, -0.2) is 5.43 Å². The van der Waals surface area contributed by atoms with Crippen molar-refractivity contribution in [2.75, 3.05) is 0 Å². The van der Waals surface area contributed by atoms with Crippen LogP contribution in [0.3, 0.4) is 0 Å². The van der Waals surface area contributed by atoms with Crippen molar-refractivity contribution < 1.29 is 4.79 Å². The minimum Gasteiger partial charge on any atom is -0.267 e. The highest BCUT2D eigenvalue weighted by Gasteiger charge is 2.09. The van der Waals surface area contributed by atoms with Crippen molar-refractivity contribution in [3.63, 3.8) is 0 Å². The van der Waals surface area contributed by atoms with Crippen LogP contribution in [0.4, 0.5) is 0 Å². The number of amides is 1. The molecule has 4 nitrogen and oxygen atoms in total. The molecular weight excluding hydrogens is 342 g/mol. The molecule has 1 aromatic carbocycles. The van der Waals surface area contributed by atoms with Crippen molar-refractivity contribution in [3.05, 3.63) is 76.4 Å². The van der Waals surface area contributed by atoms with Crippen LogP contribution in [0.1, 0.15) is 22.2 Å². The fraction of sp³-hybridized carbons (Fsp3) is 0.0556. The number of nitrogens with one attached hydrogen (secondary N) is 1. The summed E-state index contributed by atoms with van der Waals surface area (Å²) in [6.07, 6.45) is 3.14. The average Bonchev–Trinajstić information content (AvgIpc) is 3.10. The second-order valence-electron chi connectivity index (χ2n) is 5.02. The topological polar surface area (TPSA) is 54.4 Å². The maximum absolute atomic E-state index is 12.0. The van der Waals surface area contributed by atoms with Gasteiger partial charge in [0, 0.05) is 33.4 Å². The molecule has 0 aliphatic rings. The van der Waals surface area contributed by atoms with E-state index in [1.807, 2.05) is 43.3 Å². The first-order chi connectivity index (χ1) is 11.6. The van der Waals surface area contributed by atoms with Gasteiger partial charge in [0.2, 0.25) is 0 Å². The minimum atomic E-state index is -0.264. The number of hydrogen-bond donors (Lipinski definition) is 1. The molecule has 0 saturated carbocycles. The predicted molar refractivity (Wildman–Crippen MR) is 98.7 cm³/mol. The van der Waals surface area contributed by atoms with Crippen molar-refractivity contribution in [1.29, 1.82) is 0 Å². The summed E-state index contributed by atoms with van der Waals surface area (Å²) >= 11 is 7.81. The van der Waals surface area contributed by atoms with Gasteiger partial charge in [0.1, 0.15) is 0 Å². The molecule has 0 radical (unpaired) electrons. The second-order valence-corrected chi connectivity index (χ2v) is 6.51. The van der Waals surface area contributed by atoms with Gasteiger partial charge in [-0.2, -0.15) is 5.10 Å². The van der Waals surface area contributed by atoms with Crippen LogP contribution in [-0.2, 0) is 0 Å². The summed E-state index contributed by atoms with van der Waals surface area (Å²) in [4.78, 5) is 17.9. The molecule has 3 aromatic rings. The second kappa shape index (κ2) is 7.38. The van der Waals surface area contributed by atoms with E-state index in [1.54, 1.807) is 35.9 Å². The summed E-state index contributed by atoms with van der Waals surface area (Å²) < 4.78 is 0. The Hall–Kier alpha value is -2.50. The molecule has 0 bridgehead atoms. The highest BCUT2D eigenvalue weighted by Crippen LogP contribution is 2.33. The van der Waals surface area contributed by atoms with Crippen LogP contribution >= 0.6 is 22.9 Å². The van der Waals surface area contributed by atoms with E-state index in [1.165, 1.54) is 0 Å². The van der Waals surface area contributed by atoms with Gasteiger partial charge >= 0.3 is 0 Å². The molecule has 1 N–H and O–H groups in total. The fourth-order valence-electron chi connectivity index (χ4n) is 2.10. The minimum absolute atomic E-state index is 0.264.